The molecule has 0 heterocycles. The van der Waals surface area contributed by atoms with Crippen molar-refractivity contribution in [1.29, 1.82) is 0 Å². The van der Waals surface area contributed by atoms with Crippen molar-refractivity contribution in [2.24, 2.45) is 5.41 Å². The van der Waals surface area contributed by atoms with Crippen molar-refractivity contribution in [2.45, 2.75) is 26.7 Å². The van der Waals surface area contributed by atoms with E-state index in [2.05, 4.69) is 33.6 Å². The van der Waals surface area contributed by atoms with E-state index < -0.39 is 0 Å². The number of rotatable bonds is 5. The molecule has 0 heteroatoms. The molecule has 0 nitrogen and oxygen atoms in total. The van der Waals surface area contributed by atoms with Gasteiger partial charge in [0.15, 0.2) is 0 Å². The summed E-state index contributed by atoms with van der Waals surface area (Å²) in [4.78, 5) is 0. The minimum absolute atomic E-state index is 0.170. The molecule has 0 rings (SSSR count). The lowest BCUT2D eigenvalue weighted by molar-refractivity contribution is 0.411. The molecule has 0 amide bonds. The predicted molar refractivity (Wildman–Crippen MR) is 52.5 cm³/mol. The third-order valence-electron chi connectivity index (χ3n) is 2.22. The molecule has 0 aromatic carbocycles. The smallest absolute Gasteiger partial charge is 0.00531 e. The van der Waals surface area contributed by atoms with Gasteiger partial charge in [-0.25, -0.2) is 0 Å². The van der Waals surface area contributed by atoms with Gasteiger partial charge in [-0.3, -0.25) is 0 Å². The van der Waals surface area contributed by atoms with Crippen LogP contribution in [0.2, 0.25) is 0 Å². The van der Waals surface area contributed by atoms with Crippen LogP contribution in [-0.4, -0.2) is 0 Å². The van der Waals surface area contributed by atoms with E-state index in [0.29, 0.717) is 0 Å². The summed E-state index contributed by atoms with van der Waals surface area (Å²) in [6.07, 6.45) is 5.85. The lowest BCUT2D eigenvalue weighted by Crippen LogP contribution is -2.15. The van der Waals surface area contributed by atoms with Crippen molar-refractivity contribution >= 4 is 0 Å². The second-order valence-electron chi connectivity index (χ2n) is 3.33. The van der Waals surface area contributed by atoms with Crippen LogP contribution in [0.3, 0.4) is 0 Å². The summed E-state index contributed by atoms with van der Waals surface area (Å²) in [6.45, 7) is 15.7. The third-order valence-corrected chi connectivity index (χ3v) is 2.22. The van der Waals surface area contributed by atoms with Gasteiger partial charge in [-0.1, -0.05) is 31.2 Å². The Morgan fingerprint density at radius 2 is 1.64 bits per heavy atom. The van der Waals surface area contributed by atoms with Crippen LogP contribution >= 0.6 is 0 Å². The van der Waals surface area contributed by atoms with Gasteiger partial charge in [-0.15, -0.1) is 13.2 Å². The average Bonchev–Trinajstić information content (AvgIpc) is 1.88. The first-order valence-corrected chi connectivity index (χ1v) is 3.94. The lowest BCUT2D eigenvalue weighted by Gasteiger charge is -2.27. The third kappa shape index (κ3) is 2.75. The Morgan fingerprint density at radius 1 is 1.27 bits per heavy atom. The minimum Gasteiger partial charge on any atom is -0.103 e. The van der Waals surface area contributed by atoms with Crippen LogP contribution in [0, 0.1) is 5.41 Å². The van der Waals surface area contributed by atoms with Gasteiger partial charge in [-0.05, 0) is 25.2 Å². The molecule has 0 aromatic rings. The van der Waals surface area contributed by atoms with Crippen LogP contribution in [0.1, 0.15) is 26.7 Å². The van der Waals surface area contributed by atoms with E-state index in [-0.39, 0.29) is 5.41 Å². The fourth-order valence-corrected chi connectivity index (χ4v) is 1.07. The van der Waals surface area contributed by atoms with Gasteiger partial charge in [0, 0.05) is 0 Å². The summed E-state index contributed by atoms with van der Waals surface area (Å²) in [5, 5.41) is 0. The second-order valence-corrected chi connectivity index (χ2v) is 3.33. The molecule has 62 valence electrons. The minimum atomic E-state index is 0.170. The summed E-state index contributed by atoms with van der Waals surface area (Å²) in [5.74, 6) is 0. The van der Waals surface area contributed by atoms with Crippen molar-refractivity contribution in [1.82, 2.24) is 0 Å². The Kier molecular flexibility index (Phi) is 3.88. The van der Waals surface area contributed by atoms with Crippen molar-refractivity contribution in [3.05, 3.63) is 37.5 Å². The van der Waals surface area contributed by atoms with Crippen molar-refractivity contribution < 1.29 is 0 Å². The summed E-state index contributed by atoms with van der Waals surface area (Å²) < 4.78 is 0. The van der Waals surface area contributed by atoms with E-state index in [1.807, 2.05) is 12.2 Å². The zero-order valence-electron chi connectivity index (χ0n) is 7.69. The number of hydrogen-bond donors (Lipinski definition) is 0. The van der Waals surface area contributed by atoms with Crippen LogP contribution in [0.15, 0.2) is 37.5 Å². The monoisotopic (exact) mass is 150 g/mol. The topological polar surface area (TPSA) is 0 Å². The molecule has 11 heavy (non-hydrogen) atoms. The van der Waals surface area contributed by atoms with Gasteiger partial charge in [0.25, 0.3) is 0 Å². The second kappa shape index (κ2) is 4.17. The number of hydrogen-bond acceptors (Lipinski definition) is 0. The van der Waals surface area contributed by atoms with Crippen LogP contribution in [0.25, 0.3) is 0 Å². The molecule has 0 aliphatic heterocycles. The highest BCUT2D eigenvalue weighted by molar-refractivity contribution is 5.09. The Hall–Kier alpha value is -0.780. The van der Waals surface area contributed by atoms with Gasteiger partial charge >= 0.3 is 0 Å². The SMILES string of the molecule is C=CCC(C)(CC=C)C(=C)C. The van der Waals surface area contributed by atoms with E-state index in [9.17, 15) is 0 Å². The van der Waals surface area contributed by atoms with E-state index >= 15 is 0 Å². The highest BCUT2D eigenvalue weighted by atomic mass is 14.3. The standard InChI is InChI=1S/C11H18/c1-6-8-11(5,9-7-2)10(3)4/h6-7H,1-3,8-9H2,4-5H3. The fourth-order valence-electron chi connectivity index (χ4n) is 1.07. The maximum atomic E-state index is 3.97. The van der Waals surface area contributed by atoms with Crippen LogP contribution in [0.4, 0.5) is 0 Å². The van der Waals surface area contributed by atoms with Crippen LogP contribution in [-0.2, 0) is 0 Å². The largest absolute Gasteiger partial charge is 0.103 e. The normalized spacial score (nSPS) is 10.7. The molecule has 0 spiro atoms. The van der Waals surface area contributed by atoms with E-state index in [1.165, 1.54) is 5.57 Å². The molecule has 0 bridgehead atoms. The van der Waals surface area contributed by atoms with E-state index in [1.54, 1.807) is 0 Å². The predicted octanol–water partition coefficient (Wildman–Crippen LogP) is 3.72. The molecule has 0 saturated heterocycles. The lowest BCUT2D eigenvalue weighted by atomic mass is 9.78. The van der Waals surface area contributed by atoms with Gasteiger partial charge < -0.3 is 0 Å². The highest BCUT2D eigenvalue weighted by Gasteiger charge is 2.21. The zero-order valence-corrected chi connectivity index (χ0v) is 7.69. The molecule has 0 aliphatic carbocycles. The quantitative estimate of drug-likeness (QED) is 0.524. The summed E-state index contributed by atoms with van der Waals surface area (Å²) >= 11 is 0. The summed E-state index contributed by atoms with van der Waals surface area (Å²) in [5.41, 5.74) is 1.38. The molecule has 0 unspecified atom stereocenters. The Morgan fingerprint density at radius 3 is 1.82 bits per heavy atom. The molecule has 0 N–H and O–H groups in total. The maximum Gasteiger partial charge on any atom is -0.00531 e. The van der Waals surface area contributed by atoms with E-state index in [0.717, 1.165) is 12.8 Å². The Bertz CT molecular complexity index is 153. The summed E-state index contributed by atoms with van der Waals surface area (Å²) in [7, 11) is 0. The van der Waals surface area contributed by atoms with Gasteiger partial charge in [0.05, 0.1) is 0 Å². The first-order chi connectivity index (χ1) is 5.06. The summed E-state index contributed by atoms with van der Waals surface area (Å²) in [6, 6.07) is 0. The molecule has 0 atom stereocenters. The molecule has 0 aliphatic rings. The average molecular weight is 150 g/mol. The molecule has 0 fully saturated rings. The van der Waals surface area contributed by atoms with Crippen molar-refractivity contribution in [3.8, 4) is 0 Å². The Balaban J connectivity index is 4.35. The molecule has 0 saturated carbocycles. The fraction of sp³-hybridized carbons (Fsp3) is 0.455. The van der Waals surface area contributed by atoms with Crippen LogP contribution in [0.5, 0.6) is 0 Å². The Labute approximate surface area is 70.3 Å². The molecular formula is C11H18. The van der Waals surface area contributed by atoms with Gasteiger partial charge in [0.2, 0.25) is 0 Å². The first kappa shape index (κ1) is 10.2. The molecule has 0 aromatic heterocycles. The van der Waals surface area contributed by atoms with Crippen molar-refractivity contribution in [2.75, 3.05) is 0 Å². The highest BCUT2D eigenvalue weighted by Crippen LogP contribution is 2.33. The van der Waals surface area contributed by atoms with Crippen molar-refractivity contribution in [3.63, 3.8) is 0 Å². The molecular weight excluding hydrogens is 132 g/mol. The maximum absolute atomic E-state index is 3.97. The number of allylic oxidation sites excluding steroid dienone is 3. The van der Waals surface area contributed by atoms with E-state index in [4.69, 9.17) is 0 Å². The molecule has 0 radical (unpaired) electrons. The first-order valence-electron chi connectivity index (χ1n) is 3.94. The van der Waals surface area contributed by atoms with Gasteiger partial charge in [-0.2, -0.15) is 0 Å². The van der Waals surface area contributed by atoms with Gasteiger partial charge in [0.1, 0.15) is 0 Å². The zero-order chi connectivity index (χ0) is 8.91. The van der Waals surface area contributed by atoms with Crippen LogP contribution < -0.4 is 0 Å².